The zero-order chi connectivity index (χ0) is 6.41. The van der Waals surface area contributed by atoms with Crippen molar-refractivity contribution in [2.75, 3.05) is 13.7 Å². The summed E-state index contributed by atoms with van der Waals surface area (Å²) in [6.45, 7) is 2.56. The highest BCUT2D eigenvalue weighted by Crippen LogP contribution is 1.63. The smallest absolute Gasteiger partial charge is 0.421 e. The summed E-state index contributed by atoms with van der Waals surface area (Å²) in [6, 6.07) is 0. The zero-order valence-corrected chi connectivity index (χ0v) is 5.02. The maximum atomic E-state index is 10.2. The Morgan fingerprint density at radius 1 is 1.75 bits per heavy atom. The minimum Gasteiger partial charge on any atom is -0.452 e. The summed E-state index contributed by atoms with van der Waals surface area (Å²) in [5, 5.41) is 0. The van der Waals surface area contributed by atoms with Crippen molar-refractivity contribution in [2.45, 2.75) is 6.92 Å². The molecule has 8 heavy (non-hydrogen) atoms. The third-order valence-electron chi connectivity index (χ3n) is 0.553. The molecule has 0 radical (unpaired) electrons. The van der Waals surface area contributed by atoms with Gasteiger partial charge in [-0.3, -0.25) is 5.43 Å². The van der Waals surface area contributed by atoms with Crippen LogP contribution in [0.2, 0.25) is 0 Å². The van der Waals surface area contributed by atoms with Gasteiger partial charge in [0, 0.05) is 6.54 Å². The van der Waals surface area contributed by atoms with E-state index in [1.807, 2.05) is 6.92 Å². The molecule has 0 saturated heterocycles. The number of hydrazine groups is 1. The summed E-state index contributed by atoms with van der Waals surface area (Å²) >= 11 is 0. The average molecular weight is 118 g/mol. The molecule has 0 rings (SSSR count). The fourth-order valence-corrected chi connectivity index (χ4v) is 0.212. The molecule has 0 aromatic rings. The van der Waals surface area contributed by atoms with Gasteiger partial charge in [0.1, 0.15) is 0 Å². The summed E-state index contributed by atoms with van der Waals surface area (Å²) in [5.74, 6) is 0. The second kappa shape index (κ2) is 4.39. The van der Waals surface area contributed by atoms with E-state index in [-0.39, 0.29) is 0 Å². The average Bonchev–Trinajstić information content (AvgIpc) is 1.83. The van der Waals surface area contributed by atoms with Crippen LogP contribution in [0.15, 0.2) is 0 Å². The summed E-state index contributed by atoms with van der Waals surface area (Å²) in [6.07, 6.45) is -0.466. The van der Waals surface area contributed by atoms with Gasteiger partial charge in [0.05, 0.1) is 7.11 Å². The SMILES string of the molecule is CCNNC(=O)OC. The molecule has 0 unspecified atom stereocenters. The molecule has 0 aliphatic rings. The minimum atomic E-state index is -0.466. The van der Waals surface area contributed by atoms with E-state index in [2.05, 4.69) is 15.6 Å². The Kier molecular flexibility index (Phi) is 3.97. The van der Waals surface area contributed by atoms with E-state index in [0.29, 0.717) is 6.54 Å². The molecule has 4 nitrogen and oxygen atoms in total. The third kappa shape index (κ3) is 3.42. The quantitative estimate of drug-likeness (QED) is 0.496. The number of methoxy groups -OCH3 is 1. The maximum absolute atomic E-state index is 10.2. The van der Waals surface area contributed by atoms with Crippen molar-refractivity contribution in [1.82, 2.24) is 10.9 Å². The largest absolute Gasteiger partial charge is 0.452 e. The van der Waals surface area contributed by atoms with Gasteiger partial charge in [-0.15, -0.1) is 0 Å². The van der Waals surface area contributed by atoms with Crippen LogP contribution in [0.4, 0.5) is 4.79 Å². The minimum absolute atomic E-state index is 0.466. The van der Waals surface area contributed by atoms with E-state index in [1.54, 1.807) is 0 Å². The predicted molar refractivity (Wildman–Crippen MR) is 29.2 cm³/mol. The monoisotopic (exact) mass is 118 g/mol. The predicted octanol–water partition coefficient (Wildman–Crippen LogP) is -0.133. The van der Waals surface area contributed by atoms with E-state index in [9.17, 15) is 4.79 Å². The van der Waals surface area contributed by atoms with E-state index in [0.717, 1.165) is 0 Å². The molecule has 0 spiro atoms. The van der Waals surface area contributed by atoms with Gasteiger partial charge >= 0.3 is 6.09 Å². The van der Waals surface area contributed by atoms with Crippen molar-refractivity contribution in [3.8, 4) is 0 Å². The number of hydrogen-bond donors (Lipinski definition) is 2. The fraction of sp³-hybridized carbons (Fsp3) is 0.750. The number of carbonyl (C=O) groups is 1. The van der Waals surface area contributed by atoms with Gasteiger partial charge in [-0.05, 0) is 0 Å². The second-order valence-corrected chi connectivity index (χ2v) is 1.15. The van der Waals surface area contributed by atoms with Crippen molar-refractivity contribution in [2.24, 2.45) is 0 Å². The zero-order valence-electron chi connectivity index (χ0n) is 5.02. The van der Waals surface area contributed by atoms with Crippen molar-refractivity contribution >= 4 is 6.09 Å². The first kappa shape index (κ1) is 7.23. The fourth-order valence-electron chi connectivity index (χ4n) is 0.212. The molecule has 4 heteroatoms. The van der Waals surface area contributed by atoms with Crippen LogP contribution in [-0.4, -0.2) is 19.7 Å². The van der Waals surface area contributed by atoms with E-state index >= 15 is 0 Å². The van der Waals surface area contributed by atoms with Crippen LogP contribution in [0.5, 0.6) is 0 Å². The van der Waals surface area contributed by atoms with Gasteiger partial charge in [0.15, 0.2) is 0 Å². The number of rotatable bonds is 2. The first-order valence-corrected chi connectivity index (χ1v) is 2.38. The van der Waals surface area contributed by atoms with Crippen LogP contribution in [0.25, 0.3) is 0 Å². The highest BCUT2D eigenvalue weighted by atomic mass is 16.5. The molecule has 1 amide bonds. The molecule has 48 valence electrons. The van der Waals surface area contributed by atoms with Gasteiger partial charge in [-0.25, -0.2) is 10.2 Å². The van der Waals surface area contributed by atoms with Crippen LogP contribution in [0, 0.1) is 0 Å². The van der Waals surface area contributed by atoms with Crippen LogP contribution < -0.4 is 10.9 Å². The lowest BCUT2D eigenvalue weighted by Gasteiger charge is -2.00. The standard InChI is InChI=1S/C4H10N2O2/c1-3-5-6-4(7)8-2/h5H,3H2,1-2H3,(H,6,7). The molecular weight excluding hydrogens is 108 g/mol. The maximum Gasteiger partial charge on any atom is 0.421 e. The van der Waals surface area contributed by atoms with Crippen LogP contribution in [0.3, 0.4) is 0 Å². The van der Waals surface area contributed by atoms with Crippen molar-refractivity contribution in [3.05, 3.63) is 0 Å². The van der Waals surface area contributed by atoms with Crippen LogP contribution in [-0.2, 0) is 4.74 Å². The molecule has 0 aliphatic heterocycles. The summed E-state index contributed by atoms with van der Waals surface area (Å²) in [5.41, 5.74) is 4.85. The lowest BCUT2D eigenvalue weighted by molar-refractivity contribution is 0.166. The first-order valence-electron chi connectivity index (χ1n) is 2.38. The third-order valence-corrected chi connectivity index (χ3v) is 0.553. The Bertz CT molecular complexity index is 74.4. The van der Waals surface area contributed by atoms with Gasteiger partial charge in [-0.1, -0.05) is 6.92 Å². The Balaban J connectivity index is 2.99. The van der Waals surface area contributed by atoms with E-state index in [4.69, 9.17) is 0 Å². The Morgan fingerprint density at radius 2 is 2.38 bits per heavy atom. The molecule has 0 aliphatic carbocycles. The molecule has 0 bridgehead atoms. The van der Waals surface area contributed by atoms with Gasteiger partial charge in [0.25, 0.3) is 0 Å². The summed E-state index contributed by atoms with van der Waals surface area (Å²) < 4.78 is 4.24. The number of carbonyl (C=O) groups excluding carboxylic acids is 1. The van der Waals surface area contributed by atoms with Gasteiger partial charge in [0.2, 0.25) is 0 Å². The van der Waals surface area contributed by atoms with Gasteiger partial charge in [-0.2, -0.15) is 0 Å². The van der Waals surface area contributed by atoms with Crippen LogP contribution >= 0.6 is 0 Å². The number of amides is 1. The highest BCUT2D eigenvalue weighted by molar-refractivity contribution is 5.66. The Hall–Kier alpha value is -0.770. The molecule has 0 aromatic heterocycles. The van der Waals surface area contributed by atoms with Crippen molar-refractivity contribution < 1.29 is 9.53 Å². The van der Waals surface area contributed by atoms with E-state index < -0.39 is 6.09 Å². The molecule has 0 saturated carbocycles. The highest BCUT2D eigenvalue weighted by Gasteiger charge is 1.90. The summed E-state index contributed by atoms with van der Waals surface area (Å²) in [7, 11) is 1.31. The molecule has 0 heterocycles. The Labute approximate surface area is 48.2 Å². The topological polar surface area (TPSA) is 50.4 Å². The Morgan fingerprint density at radius 3 is 2.75 bits per heavy atom. The lowest BCUT2D eigenvalue weighted by Crippen LogP contribution is -2.36. The number of ether oxygens (including phenoxy) is 1. The van der Waals surface area contributed by atoms with Crippen molar-refractivity contribution in [3.63, 3.8) is 0 Å². The normalized spacial score (nSPS) is 8.25. The van der Waals surface area contributed by atoms with E-state index in [1.165, 1.54) is 7.11 Å². The first-order chi connectivity index (χ1) is 3.81. The molecular formula is C4H10N2O2. The van der Waals surface area contributed by atoms with Crippen LogP contribution in [0.1, 0.15) is 6.92 Å². The molecule has 0 aromatic carbocycles. The van der Waals surface area contributed by atoms with Crippen molar-refractivity contribution in [1.29, 1.82) is 0 Å². The second-order valence-electron chi connectivity index (χ2n) is 1.15. The lowest BCUT2D eigenvalue weighted by atomic mass is 10.8. The van der Waals surface area contributed by atoms with Gasteiger partial charge < -0.3 is 4.74 Å². The number of hydrogen-bond acceptors (Lipinski definition) is 3. The number of nitrogens with one attached hydrogen (secondary N) is 2. The molecule has 2 N–H and O–H groups in total. The molecule has 0 fully saturated rings. The summed E-state index contributed by atoms with van der Waals surface area (Å²) in [4.78, 5) is 10.2. The molecule has 0 atom stereocenters.